The summed E-state index contributed by atoms with van der Waals surface area (Å²) in [4.78, 5) is 14.3. The summed E-state index contributed by atoms with van der Waals surface area (Å²) in [6.07, 6.45) is 0. The Hall–Kier alpha value is -2.23. The van der Waals surface area contributed by atoms with Crippen molar-refractivity contribution in [3.8, 4) is 0 Å². The second-order valence-electron chi connectivity index (χ2n) is 4.83. The van der Waals surface area contributed by atoms with Gasteiger partial charge < -0.3 is 10.6 Å². The highest BCUT2D eigenvalue weighted by Gasteiger charge is 2.04. The highest BCUT2D eigenvalue weighted by atomic mass is 127. The third-order valence-corrected chi connectivity index (χ3v) is 3.20. The summed E-state index contributed by atoms with van der Waals surface area (Å²) in [7, 11) is 1.65. The van der Waals surface area contributed by atoms with Crippen LogP contribution in [0.1, 0.15) is 11.1 Å². The molecule has 0 aliphatic heterocycles. The average Bonchev–Trinajstić information content (AvgIpc) is 2.57. The van der Waals surface area contributed by atoms with Crippen LogP contribution in [0.5, 0.6) is 0 Å². The van der Waals surface area contributed by atoms with E-state index in [-0.39, 0.29) is 35.5 Å². The first-order chi connectivity index (χ1) is 11.1. The van der Waals surface area contributed by atoms with E-state index in [1.54, 1.807) is 31.3 Å². The highest BCUT2D eigenvalue weighted by molar-refractivity contribution is 14.0. The topological polar surface area (TPSA) is 79.6 Å². The van der Waals surface area contributed by atoms with Crippen molar-refractivity contribution in [2.75, 3.05) is 7.05 Å². The van der Waals surface area contributed by atoms with Crippen LogP contribution in [0.15, 0.2) is 53.5 Å². The van der Waals surface area contributed by atoms with Crippen LogP contribution in [-0.4, -0.2) is 17.9 Å². The molecule has 0 saturated heterocycles. The molecule has 0 saturated carbocycles. The standard InChI is InChI=1S/C16H17FN4O2.HI/c1-18-16(19-10-12-2-6-14(17)7-3-12)20-11-13-4-8-15(9-5-13)21(22)23;/h2-9H,10-11H2,1H3,(H2,18,19,20);1H. The van der Waals surface area contributed by atoms with E-state index in [4.69, 9.17) is 0 Å². The number of nitro benzene ring substituents is 1. The van der Waals surface area contributed by atoms with Gasteiger partial charge in [-0.15, -0.1) is 24.0 Å². The minimum absolute atomic E-state index is 0. The van der Waals surface area contributed by atoms with Crippen molar-refractivity contribution in [2.24, 2.45) is 4.99 Å². The third kappa shape index (κ3) is 6.11. The molecule has 0 aromatic heterocycles. The summed E-state index contributed by atoms with van der Waals surface area (Å²) < 4.78 is 12.8. The largest absolute Gasteiger partial charge is 0.352 e. The lowest BCUT2D eigenvalue weighted by molar-refractivity contribution is -0.384. The zero-order chi connectivity index (χ0) is 16.7. The fourth-order valence-corrected chi connectivity index (χ4v) is 1.93. The van der Waals surface area contributed by atoms with Gasteiger partial charge in [0.25, 0.3) is 5.69 Å². The first-order valence-electron chi connectivity index (χ1n) is 7.01. The Morgan fingerprint density at radius 1 is 1.04 bits per heavy atom. The van der Waals surface area contributed by atoms with Gasteiger partial charge in [-0.3, -0.25) is 15.1 Å². The average molecular weight is 444 g/mol. The molecule has 0 spiro atoms. The van der Waals surface area contributed by atoms with Crippen LogP contribution in [0, 0.1) is 15.9 Å². The van der Waals surface area contributed by atoms with Crippen molar-refractivity contribution in [1.82, 2.24) is 10.6 Å². The van der Waals surface area contributed by atoms with Crippen molar-refractivity contribution in [2.45, 2.75) is 13.1 Å². The number of nitro groups is 1. The Morgan fingerprint density at radius 3 is 1.92 bits per heavy atom. The number of nitrogens with one attached hydrogen (secondary N) is 2. The molecule has 0 unspecified atom stereocenters. The van der Waals surface area contributed by atoms with Crippen LogP contribution in [0.2, 0.25) is 0 Å². The number of hydrogen-bond acceptors (Lipinski definition) is 3. The molecule has 2 aromatic rings. The summed E-state index contributed by atoms with van der Waals surface area (Å²) in [6.45, 7) is 1.00. The molecular weight excluding hydrogens is 426 g/mol. The van der Waals surface area contributed by atoms with E-state index in [2.05, 4.69) is 15.6 Å². The predicted octanol–water partition coefficient (Wildman–Crippen LogP) is 3.22. The van der Waals surface area contributed by atoms with Crippen molar-refractivity contribution in [1.29, 1.82) is 0 Å². The maximum Gasteiger partial charge on any atom is 0.269 e. The summed E-state index contributed by atoms with van der Waals surface area (Å²) in [6, 6.07) is 12.5. The Labute approximate surface area is 156 Å². The number of rotatable bonds is 5. The van der Waals surface area contributed by atoms with Gasteiger partial charge in [-0.25, -0.2) is 4.39 Å². The fraction of sp³-hybridized carbons (Fsp3) is 0.188. The van der Waals surface area contributed by atoms with E-state index in [1.165, 1.54) is 24.3 Å². The van der Waals surface area contributed by atoms with E-state index < -0.39 is 4.92 Å². The molecule has 24 heavy (non-hydrogen) atoms. The zero-order valence-electron chi connectivity index (χ0n) is 13.0. The van der Waals surface area contributed by atoms with Crippen LogP contribution in [-0.2, 0) is 13.1 Å². The quantitative estimate of drug-likeness (QED) is 0.244. The van der Waals surface area contributed by atoms with Crippen LogP contribution in [0.4, 0.5) is 10.1 Å². The van der Waals surface area contributed by atoms with Gasteiger partial charge in [0.05, 0.1) is 4.92 Å². The number of benzene rings is 2. The monoisotopic (exact) mass is 444 g/mol. The van der Waals surface area contributed by atoms with Gasteiger partial charge in [-0.1, -0.05) is 24.3 Å². The molecule has 0 aliphatic rings. The number of halogens is 2. The van der Waals surface area contributed by atoms with Crippen molar-refractivity contribution < 1.29 is 9.31 Å². The van der Waals surface area contributed by atoms with Gasteiger partial charge in [0.15, 0.2) is 5.96 Å². The highest BCUT2D eigenvalue weighted by Crippen LogP contribution is 2.11. The molecule has 8 heteroatoms. The first kappa shape index (κ1) is 19.8. The lowest BCUT2D eigenvalue weighted by atomic mass is 10.2. The molecule has 0 amide bonds. The van der Waals surface area contributed by atoms with E-state index in [1.807, 2.05) is 0 Å². The minimum atomic E-state index is -0.430. The molecule has 0 atom stereocenters. The second kappa shape index (κ2) is 9.81. The maximum absolute atomic E-state index is 12.8. The van der Waals surface area contributed by atoms with Crippen LogP contribution >= 0.6 is 24.0 Å². The number of aliphatic imine (C=N–C) groups is 1. The van der Waals surface area contributed by atoms with Crippen molar-refractivity contribution in [3.05, 3.63) is 75.6 Å². The number of non-ortho nitro benzene ring substituents is 1. The zero-order valence-corrected chi connectivity index (χ0v) is 15.4. The van der Waals surface area contributed by atoms with E-state index in [9.17, 15) is 14.5 Å². The van der Waals surface area contributed by atoms with E-state index in [0.717, 1.165) is 11.1 Å². The van der Waals surface area contributed by atoms with Crippen LogP contribution < -0.4 is 10.6 Å². The molecule has 0 fully saturated rings. The van der Waals surface area contributed by atoms with Crippen LogP contribution in [0.3, 0.4) is 0 Å². The summed E-state index contributed by atoms with van der Waals surface area (Å²) in [5.41, 5.74) is 1.90. The van der Waals surface area contributed by atoms with Gasteiger partial charge in [0.2, 0.25) is 0 Å². The summed E-state index contributed by atoms with van der Waals surface area (Å²) in [5, 5.41) is 16.8. The predicted molar refractivity (Wildman–Crippen MR) is 102 cm³/mol. The Bertz CT molecular complexity index is 690. The van der Waals surface area contributed by atoms with Gasteiger partial charge in [0, 0.05) is 32.3 Å². The van der Waals surface area contributed by atoms with E-state index in [0.29, 0.717) is 19.0 Å². The molecule has 6 nitrogen and oxygen atoms in total. The summed E-state index contributed by atoms with van der Waals surface area (Å²) in [5.74, 6) is 0.321. The molecule has 0 radical (unpaired) electrons. The smallest absolute Gasteiger partial charge is 0.269 e. The van der Waals surface area contributed by atoms with Crippen molar-refractivity contribution in [3.63, 3.8) is 0 Å². The SMILES string of the molecule is CN=C(NCc1ccc(F)cc1)NCc1ccc([N+](=O)[O-])cc1.I. The fourth-order valence-electron chi connectivity index (χ4n) is 1.93. The van der Waals surface area contributed by atoms with Gasteiger partial charge in [-0.2, -0.15) is 0 Å². The Morgan fingerprint density at radius 2 is 1.50 bits per heavy atom. The van der Waals surface area contributed by atoms with E-state index >= 15 is 0 Å². The maximum atomic E-state index is 12.8. The minimum Gasteiger partial charge on any atom is -0.352 e. The molecule has 2 aromatic carbocycles. The van der Waals surface area contributed by atoms with Gasteiger partial charge >= 0.3 is 0 Å². The lowest BCUT2D eigenvalue weighted by Gasteiger charge is -2.12. The van der Waals surface area contributed by atoms with Crippen molar-refractivity contribution >= 4 is 35.6 Å². The lowest BCUT2D eigenvalue weighted by Crippen LogP contribution is -2.36. The first-order valence-corrected chi connectivity index (χ1v) is 7.01. The third-order valence-electron chi connectivity index (χ3n) is 3.20. The van der Waals surface area contributed by atoms with Gasteiger partial charge in [-0.05, 0) is 23.3 Å². The molecule has 0 heterocycles. The number of hydrogen-bond donors (Lipinski definition) is 2. The van der Waals surface area contributed by atoms with Crippen LogP contribution in [0.25, 0.3) is 0 Å². The molecule has 2 N–H and O–H groups in total. The van der Waals surface area contributed by atoms with Gasteiger partial charge in [0.1, 0.15) is 5.82 Å². The number of guanidine groups is 1. The number of nitrogens with zero attached hydrogens (tertiary/aromatic N) is 2. The normalized spacial score (nSPS) is 10.7. The molecular formula is C16H18FIN4O2. The second-order valence-corrected chi connectivity index (χ2v) is 4.83. The summed E-state index contributed by atoms with van der Waals surface area (Å²) >= 11 is 0. The Balaban J connectivity index is 0.00000288. The molecule has 0 bridgehead atoms. The molecule has 0 aliphatic carbocycles. The Kier molecular flexibility index (Phi) is 8.10. The molecule has 2 rings (SSSR count). The molecule has 128 valence electrons.